The highest BCUT2D eigenvalue weighted by molar-refractivity contribution is 5.17. The average molecular weight is 290 g/mol. The summed E-state index contributed by atoms with van der Waals surface area (Å²) in [6.45, 7) is 9.17. The van der Waals surface area contributed by atoms with Crippen LogP contribution < -0.4 is 10.1 Å². The first kappa shape index (κ1) is 16.3. The molecule has 0 saturated heterocycles. The van der Waals surface area contributed by atoms with Crippen molar-refractivity contribution in [2.24, 2.45) is 17.3 Å². The minimum Gasteiger partial charge on any atom is -0.481 e. The van der Waals surface area contributed by atoms with E-state index in [0.717, 1.165) is 24.9 Å². The first-order valence-corrected chi connectivity index (χ1v) is 8.18. The molecule has 0 atom stereocenters. The summed E-state index contributed by atoms with van der Waals surface area (Å²) in [4.78, 5) is 4.24. The zero-order valence-electron chi connectivity index (χ0n) is 14.0. The van der Waals surface area contributed by atoms with Crippen molar-refractivity contribution < 1.29 is 4.74 Å². The average Bonchev–Trinajstić information content (AvgIpc) is 2.47. The molecule has 0 spiro atoms. The largest absolute Gasteiger partial charge is 0.481 e. The summed E-state index contributed by atoms with van der Waals surface area (Å²) in [7, 11) is 1.65. The maximum absolute atomic E-state index is 5.07. The Morgan fingerprint density at radius 2 is 1.90 bits per heavy atom. The fourth-order valence-corrected chi connectivity index (χ4v) is 3.29. The molecule has 0 aliphatic heterocycles. The molecule has 3 nitrogen and oxygen atoms in total. The second-order valence-corrected chi connectivity index (χ2v) is 7.42. The Balaban J connectivity index is 1.68. The van der Waals surface area contributed by atoms with Crippen molar-refractivity contribution in [1.29, 1.82) is 0 Å². The van der Waals surface area contributed by atoms with E-state index in [1.54, 1.807) is 7.11 Å². The molecule has 0 radical (unpaired) electrons. The van der Waals surface area contributed by atoms with E-state index in [1.807, 2.05) is 12.3 Å². The Hall–Kier alpha value is -1.09. The van der Waals surface area contributed by atoms with Gasteiger partial charge in [-0.05, 0) is 55.0 Å². The third-order valence-electron chi connectivity index (χ3n) is 4.84. The summed E-state index contributed by atoms with van der Waals surface area (Å²) in [5.74, 6) is 2.42. The van der Waals surface area contributed by atoms with Crippen LogP contribution >= 0.6 is 0 Å². The van der Waals surface area contributed by atoms with Crippen LogP contribution in [0.4, 0.5) is 0 Å². The van der Waals surface area contributed by atoms with E-state index in [2.05, 4.69) is 37.1 Å². The number of methoxy groups -OCH3 is 1. The number of rotatable bonds is 5. The number of hydrogen-bond acceptors (Lipinski definition) is 3. The molecule has 1 aromatic heterocycles. The summed E-state index contributed by atoms with van der Waals surface area (Å²) < 4.78 is 5.07. The number of hydrogen-bond donors (Lipinski definition) is 1. The second-order valence-electron chi connectivity index (χ2n) is 7.42. The first-order chi connectivity index (χ1) is 9.99. The van der Waals surface area contributed by atoms with Gasteiger partial charge in [0.15, 0.2) is 0 Å². The topological polar surface area (TPSA) is 34.1 Å². The van der Waals surface area contributed by atoms with Gasteiger partial charge in [-0.25, -0.2) is 4.98 Å². The lowest BCUT2D eigenvalue weighted by Gasteiger charge is -2.37. The molecule has 21 heavy (non-hydrogen) atoms. The zero-order valence-corrected chi connectivity index (χ0v) is 14.0. The van der Waals surface area contributed by atoms with E-state index in [-0.39, 0.29) is 0 Å². The van der Waals surface area contributed by atoms with Gasteiger partial charge in [0.25, 0.3) is 0 Å². The Labute approximate surface area is 129 Å². The fourth-order valence-electron chi connectivity index (χ4n) is 3.29. The third-order valence-corrected chi connectivity index (χ3v) is 4.84. The molecule has 1 heterocycles. The zero-order chi connectivity index (χ0) is 15.3. The van der Waals surface area contributed by atoms with E-state index in [0.29, 0.717) is 11.3 Å². The molecule has 1 aliphatic rings. The van der Waals surface area contributed by atoms with Crippen molar-refractivity contribution in [2.45, 2.75) is 53.0 Å². The summed E-state index contributed by atoms with van der Waals surface area (Å²) >= 11 is 0. The van der Waals surface area contributed by atoms with Crippen LogP contribution in [-0.4, -0.2) is 18.6 Å². The predicted molar refractivity (Wildman–Crippen MR) is 87.4 cm³/mol. The molecule has 1 aliphatic carbocycles. The second kappa shape index (κ2) is 7.26. The molecular weight excluding hydrogens is 260 g/mol. The van der Waals surface area contributed by atoms with Gasteiger partial charge in [0.1, 0.15) is 0 Å². The van der Waals surface area contributed by atoms with Crippen LogP contribution in [0.25, 0.3) is 0 Å². The van der Waals surface area contributed by atoms with Gasteiger partial charge in [-0.1, -0.05) is 26.8 Å². The van der Waals surface area contributed by atoms with Gasteiger partial charge in [-0.3, -0.25) is 0 Å². The lowest BCUT2D eigenvalue weighted by atomic mass is 9.70. The van der Waals surface area contributed by atoms with Crippen molar-refractivity contribution >= 4 is 0 Å². The van der Waals surface area contributed by atoms with Crippen molar-refractivity contribution in [3.05, 3.63) is 23.9 Å². The number of nitrogens with zero attached hydrogens (tertiary/aromatic N) is 1. The van der Waals surface area contributed by atoms with Gasteiger partial charge in [-0.2, -0.15) is 0 Å². The number of pyridine rings is 1. The van der Waals surface area contributed by atoms with Crippen molar-refractivity contribution in [3.63, 3.8) is 0 Å². The number of nitrogens with one attached hydrogen (secondary N) is 1. The third kappa shape index (κ3) is 4.99. The van der Waals surface area contributed by atoms with Crippen LogP contribution in [-0.2, 0) is 6.54 Å². The Morgan fingerprint density at radius 3 is 2.43 bits per heavy atom. The van der Waals surface area contributed by atoms with E-state index in [4.69, 9.17) is 4.74 Å². The molecule has 1 fully saturated rings. The SMILES string of the molecule is COc1ccc(CNCC2CCC(C(C)(C)C)CC2)cn1. The van der Waals surface area contributed by atoms with Crippen LogP contribution in [0.5, 0.6) is 5.88 Å². The molecular formula is C18H30N2O. The Morgan fingerprint density at radius 1 is 1.19 bits per heavy atom. The molecule has 3 heteroatoms. The highest BCUT2D eigenvalue weighted by atomic mass is 16.5. The molecule has 118 valence electrons. The van der Waals surface area contributed by atoms with Crippen molar-refractivity contribution in [1.82, 2.24) is 10.3 Å². The molecule has 1 N–H and O–H groups in total. The normalized spacial score (nSPS) is 23.0. The smallest absolute Gasteiger partial charge is 0.212 e. The number of aromatic nitrogens is 1. The van der Waals surface area contributed by atoms with Gasteiger partial charge >= 0.3 is 0 Å². The summed E-state index contributed by atoms with van der Waals surface area (Å²) in [5, 5.41) is 3.58. The molecule has 0 amide bonds. The van der Waals surface area contributed by atoms with Crippen LogP contribution in [0.15, 0.2) is 18.3 Å². The Bertz CT molecular complexity index is 414. The quantitative estimate of drug-likeness (QED) is 0.889. The van der Waals surface area contributed by atoms with Crippen molar-refractivity contribution in [2.75, 3.05) is 13.7 Å². The minimum absolute atomic E-state index is 0.479. The number of ether oxygens (including phenoxy) is 1. The first-order valence-electron chi connectivity index (χ1n) is 8.18. The summed E-state index contributed by atoms with van der Waals surface area (Å²) in [5.41, 5.74) is 1.70. The lowest BCUT2D eigenvalue weighted by Crippen LogP contribution is -2.30. The Kier molecular flexibility index (Phi) is 5.63. The molecule has 1 saturated carbocycles. The van der Waals surface area contributed by atoms with Crippen molar-refractivity contribution in [3.8, 4) is 5.88 Å². The molecule has 1 aromatic rings. The van der Waals surface area contributed by atoms with E-state index >= 15 is 0 Å². The monoisotopic (exact) mass is 290 g/mol. The molecule has 0 aromatic carbocycles. The minimum atomic E-state index is 0.479. The summed E-state index contributed by atoms with van der Waals surface area (Å²) in [6.07, 6.45) is 7.41. The van der Waals surface area contributed by atoms with Crippen LogP contribution in [0.2, 0.25) is 0 Å². The van der Waals surface area contributed by atoms with Gasteiger partial charge < -0.3 is 10.1 Å². The van der Waals surface area contributed by atoms with Gasteiger partial charge in [0.05, 0.1) is 7.11 Å². The van der Waals surface area contributed by atoms with Crippen LogP contribution in [0.1, 0.15) is 52.0 Å². The van der Waals surface area contributed by atoms with Gasteiger partial charge in [-0.15, -0.1) is 0 Å². The highest BCUT2D eigenvalue weighted by Gasteiger charge is 2.29. The van der Waals surface area contributed by atoms with E-state index in [9.17, 15) is 0 Å². The fraction of sp³-hybridized carbons (Fsp3) is 0.722. The summed E-state index contributed by atoms with van der Waals surface area (Å²) in [6, 6.07) is 4.00. The lowest BCUT2D eigenvalue weighted by molar-refractivity contribution is 0.149. The standard InChI is InChI=1S/C18H30N2O/c1-18(2,3)16-8-5-14(6-9-16)11-19-12-15-7-10-17(21-4)20-13-15/h7,10,13-14,16,19H,5-6,8-9,11-12H2,1-4H3. The molecule has 2 rings (SSSR count). The molecule has 0 bridgehead atoms. The maximum Gasteiger partial charge on any atom is 0.212 e. The van der Waals surface area contributed by atoms with E-state index in [1.165, 1.54) is 31.2 Å². The molecule has 0 unspecified atom stereocenters. The highest BCUT2D eigenvalue weighted by Crippen LogP contribution is 2.39. The predicted octanol–water partition coefficient (Wildman–Crippen LogP) is 4.03. The van der Waals surface area contributed by atoms with Crippen LogP contribution in [0, 0.1) is 17.3 Å². The maximum atomic E-state index is 5.07. The van der Waals surface area contributed by atoms with Gasteiger partial charge in [0.2, 0.25) is 5.88 Å². The van der Waals surface area contributed by atoms with E-state index < -0.39 is 0 Å². The van der Waals surface area contributed by atoms with Gasteiger partial charge in [0, 0.05) is 18.8 Å². The van der Waals surface area contributed by atoms with Crippen LogP contribution in [0.3, 0.4) is 0 Å².